The summed E-state index contributed by atoms with van der Waals surface area (Å²) in [5.74, 6) is 0.178. The first-order valence-corrected chi connectivity index (χ1v) is 12.3. The van der Waals surface area contributed by atoms with Crippen LogP contribution in [0.5, 0.6) is 0 Å². The number of halogens is 6. The van der Waals surface area contributed by atoms with Gasteiger partial charge in [-0.2, -0.15) is 26.3 Å². The van der Waals surface area contributed by atoms with Gasteiger partial charge >= 0.3 is 12.4 Å². The van der Waals surface area contributed by atoms with Gasteiger partial charge < -0.3 is 4.74 Å². The number of nitrogens with one attached hydrogen (secondary N) is 1. The second-order valence-electron chi connectivity index (χ2n) is 11.1. The van der Waals surface area contributed by atoms with Gasteiger partial charge in [0.25, 0.3) is 0 Å². The van der Waals surface area contributed by atoms with Crippen molar-refractivity contribution in [1.29, 1.82) is 0 Å². The van der Waals surface area contributed by atoms with Crippen molar-refractivity contribution in [2.75, 3.05) is 6.61 Å². The number of alkyl halides is 6. The van der Waals surface area contributed by atoms with E-state index in [4.69, 9.17) is 4.74 Å². The molecule has 9 heteroatoms. The molecule has 4 rings (SSSR count). The molecule has 1 spiro atoms. The minimum absolute atomic E-state index is 0.101. The molecule has 1 aliphatic heterocycles. The van der Waals surface area contributed by atoms with Gasteiger partial charge in [0.05, 0.1) is 29.4 Å². The molecule has 0 unspecified atom stereocenters. The number of carbonyl (C=O) groups excluding carboxylic acids is 1. The van der Waals surface area contributed by atoms with E-state index in [9.17, 15) is 31.1 Å². The predicted octanol–water partition coefficient (Wildman–Crippen LogP) is 7.39. The third-order valence-corrected chi connectivity index (χ3v) is 7.85. The van der Waals surface area contributed by atoms with Gasteiger partial charge in [0.15, 0.2) is 5.78 Å². The average Bonchev–Trinajstić information content (AvgIpc) is 3.05. The maximum Gasteiger partial charge on any atom is 0.416 e. The van der Waals surface area contributed by atoms with Crippen LogP contribution in [-0.2, 0) is 27.3 Å². The number of hydrogen-bond donors (Lipinski definition) is 1. The molecule has 37 heavy (non-hydrogen) atoms. The quantitative estimate of drug-likeness (QED) is 0.412. The van der Waals surface area contributed by atoms with Gasteiger partial charge in [0.1, 0.15) is 0 Å². The molecule has 2 fully saturated rings. The molecule has 0 bridgehead atoms. The molecule has 1 N–H and O–H groups in total. The van der Waals surface area contributed by atoms with E-state index < -0.39 is 40.5 Å². The van der Waals surface area contributed by atoms with Crippen LogP contribution in [0.25, 0.3) is 0 Å². The summed E-state index contributed by atoms with van der Waals surface area (Å²) in [6.07, 6.45) is -8.08. The van der Waals surface area contributed by atoms with Crippen molar-refractivity contribution in [1.82, 2.24) is 5.32 Å². The van der Waals surface area contributed by atoms with E-state index in [1.165, 1.54) is 6.92 Å². The summed E-state index contributed by atoms with van der Waals surface area (Å²) < 4.78 is 86.1. The molecular formula is C28H31F6NO2. The summed E-state index contributed by atoms with van der Waals surface area (Å²) >= 11 is 0. The van der Waals surface area contributed by atoms with Crippen molar-refractivity contribution in [3.8, 4) is 0 Å². The Kier molecular flexibility index (Phi) is 7.03. The molecule has 0 aromatic heterocycles. The lowest BCUT2D eigenvalue weighted by Gasteiger charge is -2.45. The van der Waals surface area contributed by atoms with Gasteiger partial charge in [-0.3, -0.25) is 10.1 Å². The largest absolute Gasteiger partial charge is 0.416 e. The molecule has 1 heterocycles. The van der Waals surface area contributed by atoms with Crippen LogP contribution in [0.3, 0.4) is 0 Å². The Hall–Kier alpha value is -2.39. The Morgan fingerprint density at radius 1 is 0.892 bits per heavy atom. The molecule has 1 saturated heterocycles. The highest BCUT2D eigenvalue weighted by atomic mass is 19.4. The van der Waals surface area contributed by atoms with Crippen LogP contribution in [0, 0.1) is 0 Å². The highest BCUT2D eigenvalue weighted by molar-refractivity contribution is 5.92. The van der Waals surface area contributed by atoms with Crippen molar-refractivity contribution in [2.24, 2.45) is 0 Å². The molecule has 1 saturated carbocycles. The van der Waals surface area contributed by atoms with Gasteiger partial charge in [-0.05, 0) is 75.8 Å². The highest BCUT2D eigenvalue weighted by Gasteiger charge is 2.54. The van der Waals surface area contributed by atoms with E-state index in [2.05, 4.69) is 5.32 Å². The molecule has 1 aliphatic carbocycles. The minimum Gasteiger partial charge on any atom is -0.373 e. The SMILES string of the molecule is C[C@@H](OCC1(c2ccccc2)CCC2(CC1)NC(C)(C)CC2=O)c1cc(C(F)(F)F)cc(C(F)(F)F)c1. The predicted molar refractivity (Wildman–Crippen MR) is 127 cm³/mol. The van der Waals surface area contributed by atoms with Crippen molar-refractivity contribution in [3.63, 3.8) is 0 Å². The number of carbonyl (C=O) groups is 1. The van der Waals surface area contributed by atoms with Crippen molar-refractivity contribution in [3.05, 3.63) is 70.8 Å². The first-order chi connectivity index (χ1) is 17.1. The summed E-state index contributed by atoms with van der Waals surface area (Å²) in [6, 6.07) is 11.1. The Bertz CT molecular complexity index is 1100. The number of ketones is 1. The fourth-order valence-corrected chi connectivity index (χ4v) is 5.79. The lowest BCUT2D eigenvalue weighted by Crippen LogP contribution is -2.55. The molecule has 2 aliphatic rings. The molecule has 3 nitrogen and oxygen atoms in total. The van der Waals surface area contributed by atoms with Crippen LogP contribution in [0.15, 0.2) is 48.5 Å². The Labute approximate surface area is 212 Å². The Morgan fingerprint density at radius 2 is 1.43 bits per heavy atom. The zero-order valence-corrected chi connectivity index (χ0v) is 21.0. The number of Topliss-reactive ketones (excluding diaryl/α,β-unsaturated/α-hetero) is 1. The van der Waals surface area contributed by atoms with Gasteiger partial charge in [0, 0.05) is 17.4 Å². The lowest BCUT2D eigenvalue weighted by atomic mass is 9.64. The van der Waals surface area contributed by atoms with Crippen molar-refractivity contribution >= 4 is 5.78 Å². The fourth-order valence-electron chi connectivity index (χ4n) is 5.79. The van der Waals surface area contributed by atoms with Gasteiger partial charge in [-0.15, -0.1) is 0 Å². The molecule has 2 aromatic carbocycles. The molecule has 2 aromatic rings. The van der Waals surface area contributed by atoms with Crippen LogP contribution >= 0.6 is 0 Å². The van der Waals surface area contributed by atoms with E-state index in [0.29, 0.717) is 44.2 Å². The number of benzene rings is 2. The van der Waals surface area contributed by atoms with Crippen LogP contribution in [-0.4, -0.2) is 23.5 Å². The zero-order valence-electron chi connectivity index (χ0n) is 21.0. The second kappa shape index (κ2) is 9.42. The fraction of sp³-hybridized carbons (Fsp3) is 0.536. The van der Waals surface area contributed by atoms with Crippen molar-refractivity contribution in [2.45, 2.75) is 87.8 Å². The molecule has 0 radical (unpaired) electrons. The second-order valence-corrected chi connectivity index (χ2v) is 11.1. The summed E-state index contributed by atoms with van der Waals surface area (Å²) in [6.45, 7) is 5.55. The summed E-state index contributed by atoms with van der Waals surface area (Å²) in [4.78, 5) is 12.9. The Balaban J connectivity index is 1.59. The summed E-state index contributed by atoms with van der Waals surface area (Å²) in [5, 5.41) is 3.51. The average molecular weight is 528 g/mol. The maximum absolute atomic E-state index is 13.3. The minimum atomic E-state index is -4.92. The first kappa shape index (κ1) is 27.6. The maximum atomic E-state index is 13.3. The number of hydrogen-bond acceptors (Lipinski definition) is 3. The van der Waals surface area contributed by atoms with Crippen LogP contribution in [0.4, 0.5) is 26.3 Å². The van der Waals surface area contributed by atoms with E-state index in [-0.39, 0.29) is 29.6 Å². The smallest absolute Gasteiger partial charge is 0.373 e. The first-order valence-electron chi connectivity index (χ1n) is 12.3. The topological polar surface area (TPSA) is 38.3 Å². The normalized spacial score (nSPS) is 27.0. The third-order valence-electron chi connectivity index (χ3n) is 7.85. The van der Waals surface area contributed by atoms with E-state index in [1.54, 1.807) is 0 Å². The highest BCUT2D eigenvalue weighted by Crippen LogP contribution is 2.48. The van der Waals surface area contributed by atoms with Gasteiger partial charge in [-0.25, -0.2) is 0 Å². The third kappa shape index (κ3) is 5.72. The Morgan fingerprint density at radius 3 is 1.89 bits per heavy atom. The van der Waals surface area contributed by atoms with Crippen LogP contribution in [0.2, 0.25) is 0 Å². The van der Waals surface area contributed by atoms with E-state index >= 15 is 0 Å². The standard InChI is InChI=1S/C28H31F6NO2/c1-18(19-13-21(27(29,30)31)15-22(14-19)28(32,33)34)37-17-25(20-7-5-4-6-8-20)9-11-26(12-10-25)23(36)16-24(2,3)35-26/h4-8,13-15,18,35H,9-12,16-17H2,1-3H3/t18-,25?,26?/m1/s1. The summed E-state index contributed by atoms with van der Waals surface area (Å²) in [7, 11) is 0. The monoisotopic (exact) mass is 527 g/mol. The van der Waals surface area contributed by atoms with E-state index in [1.807, 2.05) is 44.2 Å². The van der Waals surface area contributed by atoms with E-state index in [0.717, 1.165) is 5.56 Å². The van der Waals surface area contributed by atoms with Crippen LogP contribution < -0.4 is 5.32 Å². The molecular weight excluding hydrogens is 496 g/mol. The van der Waals surface area contributed by atoms with Gasteiger partial charge in [0.2, 0.25) is 0 Å². The molecule has 1 atom stereocenters. The van der Waals surface area contributed by atoms with Gasteiger partial charge in [-0.1, -0.05) is 30.3 Å². The van der Waals surface area contributed by atoms with Crippen molar-refractivity contribution < 1.29 is 35.9 Å². The number of ether oxygens (including phenoxy) is 1. The van der Waals surface area contributed by atoms with Crippen LogP contribution in [0.1, 0.15) is 81.2 Å². The zero-order chi connectivity index (χ0) is 27.3. The molecule has 202 valence electrons. The number of rotatable bonds is 5. The molecule has 0 amide bonds. The summed E-state index contributed by atoms with van der Waals surface area (Å²) in [5.41, 5.74) is -3.37. The lowest BCUT2D eigenvalue weighted by molar-refractivity contribution is -0.143.